The number of nitrogens with zero attached hydrogens (tertiary/aromatic N) is 4. The zero-order valence-electron chi connectivity index (χ0n) is 32.4. The number of piperazine rings is 1. The smallest absolute Gasteiger partial charge is 0.225 e. The van der Waals surface area contributed by atoms with Crippen LogP contribution in [-0.4, -0.2) is 47.1 Å². The molecule has 0 bridgehead atoms. The highest BCUT2D eigenvalue weighted by molar-refractivity contribution is 5.29. The summed E-state index contributed by atoms with van der Waals surface area (Å²) in [5.74, 6) is 0.897. The number of anilines is 1. The van der Waals surface area contributed by atoms with Gasteiger partial charge in [-0.1, -0.05) is 152 Å². The van der Waals surface area contributed by atoms with E-state index in [-0.39, 0.29) is 0 Å². The maximum absolute atomic E-state index is 4.50. The van der Waals surface area contributed by atoms with Crippen LogP contribution in [0.3, 0.4) is 0 Å². The third kappa shape index (κ3) is 24.6. The summed E-state index contributed by atoms with van der Waals surface area (Å²) in [6.07, 6.45) is 57.3. The van der Waals surface area contributed by atoms with Crippen LogP contribution in [0.25, 0.3) is 0 Å². The van der Waals surface area contributed by atoms with Crippen molar-refractivity contribution in [2.24, 2.45) is 0 Å². The molecule has 1 aromatic rings. The van der Waals surface area contributed by atoms with Crippen LogP contribution in [0.1, 0.15) is 181 Å². The van der Waals surface area contributed by atoms with Crippen molar-refractivity contribution in [1.29, 1.82) is 0 Å². The van der Waals surface area contributed by atoms with Crippen LogP contribution in [0.2, 0.25) is 0 Å². The lowest BCUT2D eigenvalue weighted by Crippen LogP contribution is -2.50. The van der Waals surface area contributed by atoms with Crippen LogP contribution >= 0.6 is 0 Å². The van der Waals surface area contributed by atoms with E-state index in [4.69, 9.17) is 0 Å². The zero-order chi connectivity index (χ0) is 34.7. The molecule has 2 heterocycles. The van der Waals surface area contributed by atoms with E-state index in [1.807, 2.05) is 18.5 Å². The number of rotatable bonds is 32. The van der Waals surface area contributed by atoms with E-state index in [0.29, 0.717) is 0 Å². The summed E-state index contributed by atoms with van der Waals surface area (Å²) in [5.41, 5.74) is 0. The molecule has 0 aliphatic carbocycles. The molecule has 4 heteroatoms. The summed E-state index contributed by atoms with van der Waals surface area (Å²) in [6.45, 7) is 8.94. The molecule has 0 unspecified atom stereocenters. The van der Waals surface area contributed by atoms with Gasteiger partial charge < -0.3 is 4.90 Å². The van der Waals surface area contributed by atoms with Gasteiger partial charge in [0.15, 0.2) is 0 Å². The summed E-state index contributed by atoms with van der Waals surface area (Å²) in [6, 6.07) is 2.66. The molecular formula is C45H78N4. The maximum atomic E-state index is 4.50. The van der Waals surface area contributed by atoms with Gasteiger partial charge in [-0.2, -0.15) is 0 Å². The van der Waals surface area contributed by atoms with Crippen molar-refractivity contribution in [3.63, 3.8) is 0 Å². The predicted molar refractivity (Wildman–Crippen MR) is 218 cm³/mol. The highest BCUT2D eigenvalue weighted by Crippen LogP contribution is 2.22. The van der Waals surface area contributed by atoms with Crippen molar-refractivity contribution >= 4 is 5.95 Å². The molecule has 0 saturated carbocycles. The summed E-state index contributed by atoms with van der Waals surface area (Å²) in [4.78, 5) is 14.2. The minimum atomic E-state index is 0.746. The summed E-state index contributed by atoms with van der Waals surface area (Å²) < 4.78 is 0. The van der Waals surface area contributed by atoms with Gasteiger partial charge >= 0.3 is 0 Å². The molecule has 0 N–H and O–H groups in total. The summed E-state index contributed by atoms with van der Waals surface area (Å²) in [5, 5.41) is 0. The Morgan fingerprint density at radius 1 is 0.490 bits per heavy atom. The number of hydrogen-bond acceptors (Lipinski definition) is 4. The molecule has 1 aliphatic rings. The molecule has 1 aliphatic heterocycles. The Kier molecular flexibility index (Phi) is 28.9. The first-order valence-electron chi connectivity index (χ1n) is 21.2. The van der Waals surface area contributed by atoms with Crippen LogP contribution in [-0.2, 0) is 0 Å². The number of hydrogen-bond donors (Lipinski definition) is 0. The van der Waals surface area contributed by atoms with Gasteiger partial charge in [0.05, 0.1) is 0 Å². The molecule has 1 aromatic heterocycles. The van der Waals surface area contributed by atoms with Gasteiger partial charge in [0.2, 0.25) is 5.95 Å². The summed E-state index contributed by atoms with van der Waals surface area (Å²) >= 11 is 0. The predicted octanol–water partition coefficient (Wildman–Crippen LogP) is 13.4. The first kappa shape index (κ1) is 43.0. The largest absolute Gasteiger partial charge is 0.338 e. The second-order valence-corrected chi connectivity index (χ2v) is 14.5. The van der Waals surface area contributed by atoms with Crippen molar-refractivity contribution < 1.29 is 0 Å². The monoisotopic (exact) mass is 675 g/mol. The third-order valence-electron chi connectivity index (χ3n) is 10.1. The second kappa shape index (κ2) is 33.0. The van der Waals surface area contributed by atoms with Gasteiger partial charge in [-0.3, -0.25) is 4.90 Å². The Balaban J connectivity index is 1.57. The molecule has 0 spiro atoms. The molecule has 1 saturated heterocycles. The van der Waals surface area contributed by atoms with Gasteiger partial charge in [-0.05, 0) is 83.1 Å². The molecule has 1 fully saturated rings. The topological polar surface area (TPSA) is 32.3 Å². The number of unbranched alkanes of at least 4 members (excludes halogenated alkanes) is 18. The Morgan fingerprint density at radius 3 is 1.31 bits per heavy atom. The van der Waals surface area contributed by atoms with Gasteiger partial charge in [0, 0.05) is 44.6 Å². The van der Waals surface area contributed by atoms with Crippen molar-refractivity contribution in [2.75, 3.05) is 31.1 Å². The fraction of sp³-hybridized carbons (Fsp3) is 0.733. The van der Waals surface area contributed by atoms with Crippen molar-refractivity contribution in [2.45, 2.75) is 187 Å². The van der Waals surface area contributed by atoms with Crippen LogP contribution < -0.4 is 4.90 Å². The van der Waals surface area contributed by atoms with Crippen LogP contribution in [0, 0.1) is 0 Å². The Morgan fingerprint density at radius 2 is 0.878 bits per heavy atom. The van der Waals surface area contributed by atoms with E-state index in [9.17, 15) is 0 Å². The van der Waals surface area contributed by atoms with E-state index in [1.165, 1.54) is 154 Å². The van der Waals surface area contributed by atoms with Crippen LogP contribution in [0.15, 0.2) is 67.1 Å². The average molecular weight is 675 g/mol. The molecule has 2 rings (SSSR count). The maximum Gasteiger partial charge on any atom is 0.225 e. The fourth-order valence-corrected chi connectivity index (χ4v) is 6.99. The normalized spacial score (nSPS) is 14.6. The van der Waals surface area contributed by atoms with Gasteiger partial charge in [0.25, 0.3) is 0 Å². The van der Waals surface area contributed by atoms with E-state index < -0.39 is 0 Å². The minimum Gasteiger partial charge on any atom is -0.338 e. The standard InChI is InChI=1S/C45H78N4/c1-3-5-7-9-11-13-15-17-19-21-23-25-27-29-31-33-36-44(48-40-42-49(43-41-48)45-46-38-35-39-47-45)37-34-32-30-28-26-24-22-20-18-16-14-12-10-8-6-4-2/h11-14,17-20,35,38-39,44H,3-10,15-16,21-34,36-37,40-43H2,1-2H3/b13-11-,14-12-,19-17-,20-18-. The summed E-state index contributed by atoms with van der Waals surface area (Å²) in [7, 11) is 0. The van der Waals surface area contributed by atoms with Gasteiger partial charge in [-0.15, -0.1) is 0 Å². The molecule has 0 aromatic carbocycles. The lowest BCUT2D eigenvalue weighted by atomic mass is 9.98. The molecule has 0 amide bonds. The molecular weight excluding hydrogens is 597 g/mol. The Bertz CT molecular complexity index is 896. The molecule has 49 heavy (non-hydrogen) atoms. The van der Waals surface area contributed by atoms with Crippen LogP contribution in [0.4, 0.5) is 5.95 Å². The SMILES string of the molecule is CCCCC/C=C\C/C=C\CCCCCCCCC(CCCCCCCC/C=C\C/C=C\CCCCC)N1CCN(c2ncccn2)CC1. The lowest BCUT2D eigenvalue weighted by Gasteiger charge is -2.39. The first-order valence-corrected chi connectivity index (χ1v) is 21.2. The Hall–Kier alpha value is -2.20. The minimum absolute atomic E-state index is 0.746. The molecule has 4 nitrogen and oxygen atoms in total. The van der Waals surface area contributed by atoms with Gasteiger partial charge in [0.1, 0.15) is 0 Å². The van der Waals surface area contributed by atoms with E-state index in [1.54, 1.807) is 0 Å². The highest BCUT2D eigenvalue weighted by Gasteiger charge is 2.24. The Labute approximate surface area is 305 Å². The molecule has 0 atom stereocenters. The van der Waals surface area contributed by atoms with E-state index in [2.05, 4.69) is 82.2 Å². The van der Waals surface area contributed by atoms with Crippen LogP contribution in [0.5, 0.6) is 0 Å². The van der Waals surface area contributed by atoms with Crippen molar-refractivity contribution in [3.8, 4) is 0 Å². The highest BCUT2D eigenvalue weighted by atomic mass is 15.3. The number of aromatic nitrogens is 2. The van der Waals surface area contributed by atoms with E-state index >= 15 is 0 Å². The zero-order valence-corrected chi connectivity index (χ0v) is 32.4. The average Bonchev–Trinajstić information content (AvgIpc) is 3.14. The quantitative estimate of drug-likeness (QED) is 0.0562. The van der Waals surface area contributed by atoms with Crippen molar-refractivity contribution in [3.05, 3.63) is 67.1 Å². The second-order valence-electron chi connectivity index (χ2n) is 14.5. The third-order valence-corrected chi connectivity index (χ3v) is 10.1. The van der Waals surface area contributed by atoms with E-state index in [0.717, 1.165) is 51.0 Å². The first-order chi connectivity index (χ1) is 24.3. The molecule has 0 radical (unpaired) electrons. The molecule has 278 valence electrons. The van der Waals surface area contributed by atoms with Crippen molar-refractivity contribution in [1.82, 2.24) is 14.9 Å². The van der Waals surface area contributed by atoms with Gasteiger partial charge in [-0.25, -0.2) is 9.97 Å². The lowest BCUT2D eigenvalue weighted by molar-refractivity contribution is 0.160. The fourth-order valence-electron chi connectivity index (χ4n) is 6.99. The number of allylic oxidation sites excluding steroid dienone is 8.